The second-order valence-corrected chi connectivity index (χ2v) is 7.83. The number of rotatable bonds is 0. The first kappa shape index (κ1) is 15.4. The summed E-state index contributed by atoms with van der Waals surface area (Å²) < 4.78 is 1.00. The molecule has 0 atom stereocenters. The van der Waals surface area contributed by atoms with Gasteiger partial charge in [0.2, 0.25) is 0 Å². The van der Waals surface area contributed by atoms with E-state index >= 15 is 0 Å². The minimum atomic E-state index is -0.148. The van der Waals surface area contributed by atoms with Crippen LogP contribution in [0.1, 0.15) is 58.2 Å². The lowest BCUT2D eigenvalue weighted by Crippen LogP contribution is -2.28. The molecular formula is C16H23BrO. The molecule has 0 radical (unpaired) electrons. The molecule has 0 unspecified atom stereocenters. The fraction of sp³-hybridized carbons (Fsp3) is 0.562. The minimum Gasteiger partial charge on any atom is -0.289 e. The molecule has 1 rings (SSSR count). The van der Waals surface area contributed by atoms with Crippen molar-refractivity contribution in [2.75, 3.05) is 0 Å². The van der Waals surface area contributed by atoms with Crippen LogP contribution in [0.25, 0.3) is 0 Å². The summed E-state index contributed by atoms with van der Waals surface area (Å²) in [7, 11) is 0. The quantitative estimate of drug-likeness (QED) is 0.678. The fourth-order valence-corrected chi connectivity index (χ4v) is 2.26. The van der Waals surface area contributed by atoms with E-state index in [9.17, 15) is 4.79 Å². The van der Waals surface area contributed by atoms with Crippen molar-refractivity contribution in [3.05, 3.63) is 43.5 Å². The molecule has 0 saturated heterocycles. The first-order valence-corrected chi connectivity index (χ1v) is 7.09. The van der Waals surface area contributed by atoms with E-state index in [-0.39, 0.29) is 16.3 Å². The molecular weight excluding hydrogens is 288 g/mol. The van der Waals surface area contributed by atoms with Crippen LogP contribution in [0.3, 0.4) is 0 Å². The summed E-state index contributed by atoms with van der Waals surface area (Å²) in [6.07, 6.45) is 0. The van der Waals surface area contributed by atoms with Crippen LogP contribution in [0.2, 0.25) is 0 Å². The molecule has 18 heavy (non-hydrogen) atoms. The fourth-order valence-electron chi connectivity index (χ4n) is 1.92. The highest BCUT2D eigenvalue weighted by Crippen LogP contribution is 2.27. The molecule has 1 nitrogen and oxygen atoms in total. The molecule has 0 saturated carbocycles. The lowest BCUT2D eigenvalue weighted by molar-refractivity contribution is 0.563. The zero-order valence-electron chi connectivity index (χ0n) is 12.4. The first-order chi connectivity index (χ1) is 7.94. The van der Waals surface area contributed by atoms with E-state index < -0.39 is 0 Å². The summed E-state index contributed by atoms with van der Waals surface area (Å²) in [4.78, 5) is 12.7. The number of hydrogen-bond acceptors (Lipinski definition) is 1. The van der Waals surface area contributed by atoms with Crippen molar-refractivity contribution in [3.63, 3.8) is 0 Å². The molecule has 0 bridgehead atoms. The molecule has 0 spiro atoms. The number of aryl methyl sites for hydroxylation is 1. The van der Waals surface area contributed by atoms with Gasteiger partial charge in [-0.05, 0) is 29.4 Å². The maximum Gasteiger partial charge on any atom is 0.186 e. The van der Waals surface area contributed by atoms with Crippen LogP contribution in [-0.4, -0.2) is 0 Å². The van der Waals surface area contributed by atoms with Crippen molar-refractivity contribution in [1.29, 1.82) is 0 Å². The van der Waals surface area contributed by atoms with Gasteiger partial charge in [0, 0.05) is 15.6 Å². The van der Waals surface area contributed by atoms with E-state index in [0.29, 0.717) is 0 Å². The van der Waals surface area contributed by atoms with Crippen LogP contribution in [-0.2, 0) is 10.8 Å². The second-order valence-electron chi connectivity index (χ2n) is 6.98. The lowest BCUT2D eigenvalue weighted by Gasteiger charge is -2.21. The summed E-state index contributed by atoms with van der Waals surface area (Å²) in [6, 6.07) is 3.99. The average Bonchev–Trinajstić information content (AvgIpc) is 2.26. The zero-order chi connectivity index (χ0) is 14.3. The highest BCUT2D eigenvalue weighted by atomic mass is 79.9. The Balaban J connectivity index is 3.85. The summed E-state index contributed by atoms with van der Waals surface area (Å²) >= 11 is 3.56. The van der Waals surface area contributed by atoms with Gasteiger partial charge < -0.3 is 0 Å². The normalized spacial score (nSPS) is 12.7. The Morgan fingerprint density at radius 1 is 0.889 bits per heavy atom. The Kier molecular flexibility index (Phi) is 4.12. The average molecular weight is 311 g/mol. The van der Waals surface area contributed by atoms with E-state index in [1.165, 1.54) is 0 Å². The van der Waals surface area contributed by atoms with E-state index in [1.54, 1.807) is 0 Å². The summed E-state index contributed by atoms with van der Waals surface area (Å²) in [6.45, 7) is 14.5. The summed E-state index contributed by atoms with van der Waals surface area (Å²) in [5.74, 6) is 0. The predicted octanol–water partition coefficient (Wildman–Crippen LogP) is 4.71. The van der Waals surface area contributed by atoms with E-state index in [1.807, 2.05) is 19.1 Å². The van der Waals surface area contributed by atoms with Gasteiger partial charge in [-0.15, -0.1) is 0 Å². The Morgan fingerprint density at radius 2 is 1.28 bits per heavy atom. The van der Waals surface area contributed by atoms with Gasteiger partial charge in [0.15, 0.2) is 5.43 Å². The van der Waals surface area contributed by atoms with Gasteiger partial charge in [0.25, 0.3) is 0 Å². The highest BCUT2D eigenvalue weighted by Gasteiger charge is 2.24. The van der Waals surface area contributed by atoms with Gasteiger partial charge in [-0.1, -0.05) is 63.5 Å². The van der Waals surface area contributed by atoms with Crippen molar-refractivity contribution in [3.8, 4) is 0 Å². The highest BCUT2D eigenvalue weighted by molar-refractivity contribution is 9.10. The van der Waals surface area contributed by atoms with E-state index in [4.69, 9.17) is 0 Å². The van der Waals surface area contributed by atoms with Crippen molar-refractivity contribution in [2.45, 2.75) is 59.3 Å². The van der Waals surface area contributed by atoms with Gasteiger partial charge in [-0.3, -0.25) is 4.79 Å². The Morgan fingerprint density at radius 3 is 1.67 bits per heavy atom. The van der Waals surface area contributed by atoms with Crippen LogP contribution in [0.15, 0.2) is 21.4 Å². The molecule has 1 aromatic rings. The molecule has 2 heteroatoms. The van der Waals surface area contributed by atoms with Gasteiger partial charge in [-0.25, -0.2) is 0 Å². The smallest absolute Gasteiger partial charge is 0.186 e. The molecule has 0 aliphatic heterocycles. The summed E-state index contributed by atoms with van der Waals surface area (Å²) in [5, 5.41) is 0. The molecule has 0 aliphatic rings. The second kappa shape index (κ2) is 4.80. The van der Waals surface area contributed by atoms with Crippen molar-refractivity contribution >= 4 is 15.9 Å². The van der Waals surface area contributed by atoms with Crippen LogP contribution in [0.4, 0.5) is 0 Å². The van der Waals surface area contributed by atoms with E-state index in [2.05, 4.69) is 57.5 Å². The maximum atomic E-state index is 12.7. The Hall–Kier alpha value is -0.630. The molecule has 0 heterocycles. The van der Waals surface area contributed by atoms with Crippen LogP contribution >= 0.6 is 15.9 Å². The third-order valence-electron chi connectivity index (χ3n) is 3.11. The molecule has 1 aromatic carbocycles. The summed E-state index contributed by atoms with van der Waals surface area (Å²) in [5.41, 5.74) is 2.74. The van der Waals surface area contributed by atoms with Gasteiger partial charge in [0.1, 0.15) is 0 Å². The molecule has 100 valence electrons. The van der Waals surface area contributed by atoms with Crippen molar-refractivity contribution in [1.82, 2.24) is 0 Å². The minimum absolute atomic E-state index is 0.139. The topological polar surface area (TPSA) is 17.1 Å². The predicted molar refractivity (Wildman–Crippen MR) is 82.5 cm³/mol. The standard InChI is InChI=1S/C16H23BrO/c1-10-8-11(15(2,3)4)14(18)12(9-13(10)17)16(5,6)7/h8-9H,1-7H3. The third-order valence-corrected chi connectivity index (χ3v) is 3.97. The van der Waals surface area contributed by atoms with Crippen molar-refractivity contribution < 1.29 is 0 Å². The Labute approximate surface area is 119 Å². The van der Waals surface area contributed by atoms with Crippen LogP contribution < -0.4 is 5.43 Å². The molecule has 0 amide bonds. The SMILES string of the molecule is Cc1cc(C(C)(C)C)c(=O)c(C(C)(C)C)cc1Br. The lowest BCUT2D eigenvalue weighted by atomic mass is 9.82. The molecule has 0 aromatic heterocycles. The molecule has 0 aliphatic carbocycles. The Bertz CT molecular complexity index is 471. The largest absolute Gasteiger partial charge is 0.289 e. The molecule has 0 fully saturated rings. The van der Waals surface area contributed by atoms with Crippen molar-refractivity contribution in [2.24, 2.45) is 0 Å². The first-order valence-electron chi connectivity index (χ1n) is 6.30. The zero-order valence-corrected chi connectivity index (χ0v) is 14.0. The van der Waals surface area contributed by atoms with Gasteiger partial charge in [0.05, 0.1) is 0 Å². The van der Waals surface area contributed by atoms with Crippen LogP contribution in [0, 0.1) is 6.92 Å². The van der Waals surface area contributed by atoms with Gasteiger partial charge in [-0.2, -0.15) is 0 Å². The monoisotopic (exact) mass is 310 g/mol. The van der Waals surface area contributed by atoms with E-state index in [0.717, 1.165) is 21.2 Å². The van der Waals surface area contributed by atoms with Crippen LogP contribution in [0.5, 0.6) is 0 Å². The molecule has 0 N–H and O–H groups in total. The number of halogens is 1. The number of hydrogen-bond donors (Lipinski definition) is 0. The maximum absolute atomic E-state index is 12.7. The third kappa shape index (κ3) is 3.23. The van der Waals surface area contributed by atoms with Gasteiger partial charge >= 0.3 is 0 Å².